The van der Waals surface area contributed by atoms with Crippen molar-refractivity contribution in [2.24, 2.45) is 0 Å². The number of hydrogen-bond acceptors (Lipinski definition) is 5. The minimum Gasteiger partial charge on any atom is -0.507 e. The summed E-state index contributed by atoms with van der Waals surface area (Å²) in [7, 11) is 0. The molecule has 0 aliphatic carbocycles. The second kappa shape index (κ2) is 6.90. The molecule has 1 amide bonds. The number of benzene rings is 1. The van der Waals surface area contributed by atoms with Gasteiger partial charge in [-0.05, 0) is 12.1 Å². The molecule has 7 heteroatoms. The van der Waals surface area contributed by atoms with E-state index in [2.05, 4.69) is 0 Å². The van der Waals surface area contributed by atoms with Crippen molar-refractivity contribution in [3.8, 4) is 5.75 Å². The van der Waals surface area contributed by atoms with E-state index in [1.165, 1.54) is 17.6 Å². The molecular weight excluding hydrogens is 189 g/mol. The maximum Gasteiger partial charge on any atom is 0.482 e. The lowest BCUT2D eigenvalue weighted by Gasteiger charge is -1.99. The third-order valence-electron chi connectivity index (χ3n) is 1.25. The maximum atomic E-state index is 10.7. The Balaban J connectivity index is 0.000000500. The highest BCUT2D eigenvalue weighted by Crippen LogP contribution is 2.14. The molecule has 0 saturated carbocycles. The molecule has 0 saturated heterocycles. The number of hydrogen-bond donors (Lipinski definition) is 5. The molecule has 75 valence electrons. The number of phenols is 1. The van der Waals surface area contributed by atoms with E-state index in [0.29, 0.717) is 0 Å². The third kappa shape index (κ3) is 3.90. The monoisotopic (exact) mass is 198 g/mol. The van der Waals surface area contributed by atoms with E-state index in [-0.39, 0.29) is 19.0 Å². The van der Waals surface area contributed by atoms with Crippen molar-refractivity contribution in [1.29, 1.82) is 0 Å². The molecule has 0 atom stereocenters. The SMILES string of the molecule is O=C(NO)c1ccccc1O.O[B]O. The van der Waals surface area contributed by atoms with Crippen LogP contribution in [0.1, 0.15) is 10.4 Å². The molecule has 0 aliphatic rings. The van der Waals surface area contributed by atoms with Crippen molar-refractivity contribution in [3.05, 3.63) is 29.8 Å². The Morgan fingerprint density at radius 1 is 1.29 bits per heavy atom. The van der Waals surface area contributed by atoms with E-state index in [4.69, 9.17) is 20.4 Å². The molecule has 0 bridgehead atoms. The van der Waals surface area contributed by atoms with Crippen LogP contribution in [0.4, 0.5) is 0 Å². The van der Waals surface area contributed by atoms with Gasteiger partial charge in [-0.2, -0.15) is 0 Å². The van der Waals surface area contributed by atoms with Gasteiger partial charge in [-0.1, -0.05) is 12.1 Å². The zero-order valence-electron chi connectivity index (χ0n) is 7.08. The molecule has 1 aromatic rings. The van der Waals surface area contributed by atoms with Crippen molar-refractivity contribution >= 4 is 13.6 Å². The fourth-order valence-corrected chi connectivity index (χ4v) is 0.726. The molecule has 0 unspecified atom stereocenters. The van der Waals surface area contributed by atoms with Gasteiger partial charge in [0.1, 0.15) is 5.75 Å². The summed E-state index contributed by atoms with van der Waals surface area (Å²) in [6.07, 6.45) is 0. The van der Waals surface area contributed by atoms with Gasteiger partial charge in [-0.25, -0.2) is 5.48 Å². The molecule has 14 heavy (non-hydrogen) atoms. The van der Waals surface area contributed by atoms with E-state index in [0.717, 1.165) is 0 Å². The van der Waals surface area contributed by atoms with E-state index >= 15 is 0 Å². The smallest absolute Gasteiger partial charge is 0.482 e. The lowest BCUT2D eigenvalue weighted by atomic mass is 10.2. The lowest BCUT2D eigenvalue weighted by Crippen LogP contribution is -2.18. The number of carbonyl (C=O) groups excluding carboxylic acids is 1. The maximum absolute atomic E-state index is 10.7. The molecule has 0 fully saturated rings. The first-order chi connectivity index (χ1) is 6.67. The first-order valence-corrected chi connectivity index (χ1v) is 3.50. The van der Waals surface area contributed by atoms with Crippen LogP contribution in [0, 0.1) is 0 Å². The van der Waals surface area contributed by atoms with Crippen LogP contribution in [0.25, 0.3) is 0 Å². The van der Waals surface area contributed by atoms with Crippen LogP contribution >= 0.6 is 0 Å². The Kier molecular flexibility index (Phi) is 6.13. The molecule has 0 aromatic heterocycles. The Labute approximate surface area is 80.7 Å². The second-order valence-corrected chi connectivity index (χ2v) is 2.07. The zero-order chi connectivity index (χ0) is 11.0. The van der Waals surface area contributed by atoms with Crippen LogP contribution in [0.5, 0.6) is 5.75 Å². The van der Waals surface area contributed by atoms with Gasteiger partial charge in [0, 0.05) is 0 Å². The summed E-state index contributed by atoms with van der Waals surface area (Å²) in [6, 6.07) is 5.94. The number of nitrogens with one attached hydrogen (secondary N) is 1. The predicted octanol–water partition coefficient (Wildman–Crippen LogP) is -0.984. The normalized spacial score (nSPS) is 8.21. The number of hydroxylamine groups is 1. The Morgan fingerprint density at radius 2 is 1.79 bits per heavy atom. The van der Waals surface area contributed by atoms with Gasteiger partial charge in [0.05, 0.1) is 5.56 Å². The van der Waals surface area contributed by atoms with Crippen molar-refractivity contribution in [1.82, 2.24) is 5.48 Å². The van der Waals surface area contributed by atoms with E-state index < -0.39 is 5.91 Å². The summed E-state index contributed by atoms with van der Waals surface area (Å²) >= 11 is 0. The quantitative estimate of drug-likeness (QED) is 0.226. The standard InChI is InChI=1S/C7H7NO3.BH2O2/c9-6-4-2-1-3-5(6)7(10)8-11;2-1-3/h1-4,9,11H,(H,8,10);2-3H. The fourth-order valence-electron chi connectivity index (χ4n) is 0.726. The molecule has 1 radical (unpaired) electrons. The molecule has 6 nitrogen and oxygen atoms in total. The summed E-state index contributed by atoms with van der Waals surface area (Å²) in [6.45, 7) is 0. The highest BCUT2D eigenvalue weighted by molar-refractivity contribution is 6.13. The number of carbonyl (C=O) groups is 1. The molecule has 0 heterocycles. The number of phenolic OH excluding ortho intramolecular Hbond substituents is 1. The van der Waals surface area contributed by atoms with Crippen LogP contribution in [0.3, 0.4) is 0 Å². The molecule has 5 N–H and O–H groups in total. The average Bonchev–Trinajstić information content (AvgIpc) is 2.19. The van der Waals surface area contributed by atoms with Crippen LogP contribution in [-0.2, 0) is 0 Å². The highest BCUT2D eigenvalue weighted by Gasteiger charge is 2.07. The van der Waals surface area contributed by atoms with Gasteiger partial charge in [-0.15, -0.1) is 0 Å². The van der Waals surface area contributed by atoms with Crippen molar-refractivity contribution in [2.45, 2.75) is 0 Å². The molecule has 1 aromatic carbocycles. The molecule has 1 rings (SSSR count). The van der Waals surface area contributed by atoms with E-state index in [1.807, 2.05) is 0 Å². The van der Waals surface area contributed by atoms with Crippen LogP contribution < -0.4 is 5.48 Å². The number of aromatic hydroxyl groups is 1. The van der Waals surface area contributed by atoms with Gasteiger partial charge < -0.3 is 15.2 Å². The van der Waals surface area contributed by atoms with Gasteiger partial charge >= 0.3 is 7.69 Å². The Hall–Kier alpha value is -1.57. The van der Waals surface area contributed by atoms with Crippen LogP contribution in [-0.4, -0.2) is 34.0 Å². The largest absolute Gasteiger partial charge is 0.507 e. The van der Waals surface area contributed by atoms with Crippen molar-refractivity contribution in [3.63, 3.8) is 0 Å². The summed E-state index contributed by atoms with van der Waals surface area (Å²) in [5, 5.41) is 31.2. The van der Waals surface area contributed by atoms with Gasteiger partial charge in [-0.3, -0.25) is 10.0 Å². The van der Waals surface area contributed by atoms with Crippen molar-refractivity contribution in [2.75, 3.05) is 0 Å². The van der Waals surface area contributed by atoms with E-state index in [1.54, 1.807) is 12.1 Å². The lowest BCUT2D eigenvalue weighted by molar-refractivity contribution is 0.0703. The first-order valence-electron chi connectivity index (χ1n) is 3.50. The zero-order valence-corrected chi connectivity index (χ0v) is 7.08. The van der Waals surface area contributed by atoms with Crippen LogP contribution in [0.15, 0.2) is 24.3 Å². The predicted molar refractivity (Wildman–Crippen MR) is 47.6 cm³/mol. The minimum absolute atomic E-state index is 0. The van der Waals surface area contributed by atoms with Gasteiger partial charge in [0.2, 0.25) is 0 Å². The van der Waals surface area contributed by atoms with Gasteiger partial charge in [0.25, 0.3) is 5.91 Å². The summed E-state index contributed by atoms with van der Waals surface area (Å²) < 4.78 is 0. The molecule has 0 aliphatic heterocycles. The van der Waals surface area contributed by atoms with Crippen LogP contribution in [0.2, 0.25) is 0 Å². The first kappa shape index (κ1) is 12.4. The topological polar surface area (TPSA) is 110 Å². The fraction of sp³-hybridized carbons (Fsp3) is 0. The van der Waals surface area contributed by atoms with Crippen molar-refractivity contribution < 1.29 is 25.2 Å². The highest BCUT2D eigenvalue weighted by atomic mass is 16.5. The summed E-state index contributed by atoms with van der Waals surface area (Å²) in [4.78, 5) is 10.7. The Morgan fingerprint density at radius 3 is 2.21 bits per heavy atom. The number of rotatable bonds is 1. The average molecular weight is 198 g/mol. The molecular formula is C7H9BNO5. The van der Waals surface area contributed by atoms with E-state index in [9.17, 15) is 4.79 Å². The minimum atomic E-state index is -0.719. The Bertz CT molecular complexity index is 293. The molecule has 0 spiro atoms. The van der Waals surface area contributed by atoms with Gasteiger partial charge in [0.15, 0.2) is 0 Å². The summed E-state index contributed by atoms with van der Waals surface area (Å²) in [5.74, 6) is -0.873. The second-order valence-electron chi connectivity index (χ2n) is 2.07. The summed E-state index contributed by atoms with van der Waals surface area (Å²) in [5.41, 5.74) is 1.47. The third-order valence-corrected chi connectivity index (χ3v) is 1.25. The number of para-hydroxylation sites is 1. The number of amides is 1.